The van der Waals surface area contributed by atoms with Gasteiger partial charge in [0.15, 0.2) is 17.5 Å². The summed E-state index contributed by atoms with van der Waals surface area (Å²) in [5.41, 5.74) is -0.659. The lowest BCUT2D eigenvalue weighted by Crippen LogP contribution is -2.45. The van der Waals surface area contributed by atoms with Crippen LogP contribution in [0.15, 0.2) is 48.5 Å². The Balaban J connectivity index is 2.05. The van der Waals surface area contributed by atoms with Gasteiger partial charge in [-0.15, -0.1) is 0 Å². The van der Waals surface area contributed by atoms with E-state index in [2.05, 4.69) is 0 Å². The number of rotatable bonds is 5. The highest BCUT2D eigenvalue weighted by Crippen LogP contribution is 2.24. The molecule has 0 amide bonds. The van der Waals surface area contributed by atoms with E-state index < -0.39 is 64.8 Å². The zero-order chi connectivity index (χ0) is 20.4. The maximum Gasteiger partial charge on any atom is 0.635 e. The standard InChI is InChI=1S/C18H8BF7O2/c20-9-1-3-13(23)12(5-9)19(27-16-4-2-10(21)6-14(16)24)28-17-8-11(22)7-15(25)18(17)26/h1-8H. The molecule has 0 aromatic heterocycles. The van der Waals surface area contributed by atoms with Gasteiger partial charge in [-0.3, -0.25) is 0 Å². The molecule has 0 N–H and O–H groups in total. The largest absolute Gasteiger partial charge is 0.635 e. The first kappa shape index (κ1) is 19.6. The van der Waals surface area contributed by atoms with Crippen molar-refractivity contribution >= 4 is 12.6 Å². The Bertz CT molecular complexity index is 1030. The summed E-state index contributed by atoms with van der Waals surface area (Å²) >= 11 is 0. The lowest BCUT2D eigenvalue weighted by atomic mass is 9.78. The van der Waals surface area contributed by atoms with Gasteiger partial charge in [0, 0.05) is 18.2 Å². The smallest absolute Gasteiger partial charge is 0.520 e. The highest BCUT2D eigenvalue weighted by Gasteiger charge is 2.33. The molecule has 28 heavy (non-hydrogen) atoms. The Morgan fingerprint density at radius 2 is 1.14 bits per heavy atom. The molecule has 0 saturated carbocycles. The monoisotopic (exact) mass is 400 g/mol. The van der Waals surface area contributed by atoms with Crippen molar-refractivity contribution in [3.63, 3.8) is 0 Å². The lowest BCUT2D eigenvalue weighted by Gasteiger charge is -2.18. The highest BCUT2D eigenvalue weighted by atomic mass is 19.2. The molecule has 10 heteroatoms. The van der Waals surface area contributed by atoms with Crippen LogP contribution in [0.25, 0.3) is 0 Å². The SMILES string of the molecule is Fc1ccc(OB(Oc2cc(F)cc(F)c2F)c2cc(F)ccc2F)c(F)c1. The van der Waals surface area contributed by atoms with Crippen LogP contribution in [0.5, 0.6) is 11.5 Å². The van der Waals surface area contributed by atoms with E-state index in [-0.39, 0.29) is 6.07 Å². The average molecular weight is 400 g/mol. The molecule has 3 rings (SSSR count). The molecule has 0 spiro atoms. The molecule has 0 atom stereocenters. The zero-order valence-corrected chi connectivity index (χ0v) is 13.7. The fourth-order valence-corrected chi connectivity index (χ4v) is 2.27. The maximum atomic E-state index is 14.1. The van der Waals surface area contributed by atoms with Crippen LogP contribution in [-0.2, 0) is 0 Å². The van der Waals surface area contributed by atoms with Crippen LogP contribution in [0.1, 0.15) is 0 Å². The Labute approximate surface area is 154 Å². The summed E-state index contributed by atoms with van der Waals surface area (Å²) in [7, 11) is -2.06. The molecule has 2 nitrogen and oxygen atoms in total. The predicted octanol–water partition coefficient (Wildman–Crippen LogP) is 4.51. The molecule has 144 valence electrons. The minimum atomic E-state index is -2.06. The van der Waals surface area contributed by atoms with Crippen LogP contribution in [0.4, 0.5) is 30.7 Å². The normalized spacial score (nSPS) is 10.7. The van der Waals surface area contributed by atoms with Gasteiger partial charge in [0.05, 0.1) is 5.46 Å². The third-order valence-corrected chi connectivity index (χ3v) is 3.53. The number of benzene rings is 3. The van der Waals surface area contributed by atoms with Crippen LogP contribution in [0.2, 0.25) is 0 Å². The fourth-order valence-electron chi connectivity index (χ4n) is 2.27. The van der Waals surface area contributed by atoms with Crippen LogP contribution in [-0.4, -0.2) is 7.12 Å². The second-order valence-electron chi connectivity index (χ2n) is 5.51. The van der Waals surface area contributed by atoms with Gasteiger partial charge in [0.1, 0.15) is 34.8 Å². The number of hydrogen-bond acceptors (Lipinski definition) is 2. The molecule has 3 aromatic rings. The predicted molar refractivity (Wildman–Crippen MR) is 85.7 cm³/mol. The number of halogens is 7. The minimum Gasteiger partial charge on any atom is -0.520 e. The van der Waals surface area contributed by atoms with Gasteiger partial charge in [-0.1, -0.05) is 0 Å². The van der Waals surface area contributed by atoms with E-state index in [1.54, 1.807) is 0 Å². The first-order valence-electron chi connectivity index (χ1n) is 7.62. The minimum absolute atomic E-state index is 0.237. The van der Waals surface area contributed by atoms with Crippen LogP contribution in [0.3, 0.4) is 0 Å². The van der Waals surface area contributed by atoms with Crippen LogP contribution < -0.4 is 14.8 Å². The summed E-state index contributed by atoms with van der Waals surface area (Å²) in [6, 6.07) is 4.80. The van der Waals surface area contributed by atoms with Crippen molar-refractivity contribution in [3.05, 3.63) is 89.3 Å². The van der Waals surface area contributed by atoms with Crippen molar-refractivity contribution in [2.75, 3.05) is 0 Å². The van der Waals surface area contributed by atoms with Gasteiger partial charge in [-0.25, -0.2) is 26.3 Å². The average Bonchev–Trinajstić information content (AvgIpc) is 2.62. The topological polar surface area (TPSA) is 18.5 Å². The first-order chi connectivity index (χ1) is 13.2. The Morgan fingerprint density at radius 3 is 1.86 bits per heavy atom. The third-order valence-electron chi connectivity index (χ3n) is 3.53. The molecule has 3 aromatic carbocycles. The van der Waals surface area contributed by atoms with Crippen molar-refractivity contribution in [1.29, 1.82) is 0 Å². The van der Waals surface area contributed by atoms with Crippen molar-refractivity contribution in [2.45, 2.75) is 0 Å². The second-order valence-corrected chi connectivity index (χ2v) is 5.51. The molecule has 0 heterocycles. The van der Waals surface area contributed by atoms with E-state index in [0.29, 0.717) is 24.3 Å². The van der Waals surface area contributed by atoms with E-state index in [1.165, 1.54) is 0 Å². The van der Waals surface area contributed by atoms with Crippen molar-refractivity contribution < 1.29 is 40.0 Å². The molecular weight excluding hydrogens is 392 g/mol. The second kappa shape index (κ2) is 7.83. The van der Waals surface area contributed by atoms with E-state index in [1.807, 2.05) is 0 Å². The summed E-state index contributed by atoms with van der Waals surface area (Å²) in [6.07, 6.45) is 0. The Kier molecular flexibility index (Phi) is 5.48. The Hall–Kier alpha value is -3.17. The molecule has 0 aliphatic rings. The summed E-state index contributed by atoms with van der Waals surface area (Å²) < 4.78 is 105. The van der Waals surface area contributed by atoms with Crippen molar-refractivity contribution in [2.24, 2.45) is 0 Å². The van der Waals surface area contributed by atoms with Gasteiger partial charge in [0.25, 0.3) is 0 Å². The maximum absolute atomic E-state index is 14.1. The van der Waals surface area contributed by atoms with E-state index >= 15 is 0 Å². The first-order valence-corrected chi connectivity index (χ1v) is 7.62. The molecule has 0 saturated heterocycles. The van der Waals surface area contributed by atoms with Crippen molar-refractivity contribution in [3.8, 4) is 11.5 Å². The van der Waals surface area contributed by atoms with Gasteiger partial charge < -0.3 is 9.31 Å². The zero-order valence-electron chi connectivity index (χ0n) is 13.7. The van der Waals surface area contributed by atoms with E-state index in [0.717, 1.165) is 18.2 Å². The third kappa shape index (κ3) is 4.21. The van der Waals surface area contributed by atoms with Gasteiger partial charge in [0.2, 0.25) is 0 Å². The van der Waals surface area contributed by atoms with E-state index in [4.69, 9.17) is 9.31 Å². The molecule has 0 unspecified atom stereocenters. The Morgan fingerprint density at radius 1 is 0.536 bits per heavy atom. The van der Waals surface area contributed by atoms with Gasteiger partial charge >= 0.3 is 7.12 Å². The molecule has 0 bridgehead atoms. The number of hydrogen-bond donors (Lipinski definition) is 0. The fraction of sp³-hybridized carbons (Fsp3) is 0. The van der Waals surface area contributed by atoms with Crippen LogP contribution >= 0.6 is 0 Å². The van der Waals surface area contributed by atoms with Gasteiger partial charge in [-0.05, 0) is 30.3 Å². The van der Waals surface area contributed by atoms with Crippen LogP contribution in [0, 0.1) is 40.7 Å². The van der Waals surface area contributed by atoms with E-state index in [9.17, 15) is 30.7 Å². The summed E-state index contributed by atoms with van der Waals surface area (Å²) in [5, 5.41) is 0. The van der Waals surface area contributed by atoms with Crippen molar-refractivity contribution in [1.82, 2.24) is 0 Å². The summed E-state index contributed by atoms with van der Waals surface area (Å²) in [5.74, 6) is -10.4. The quantitative estimate of drug-likeness (QED) is 0.357. The summed E-state index contributed by atoms with van der Waals surface area (Å²) in [6.45, 7) is 0. The highest BCUT2D eigenvalue weighted by molar-refractivity contribution is 6.62. The van der Waals surface area contributed by atoms with Gasteiger partial charge in [-0.2, -0.15) is 4.39 Å². The molecule has 0 fully saturated rings. The molecule has 0 aliphatic carbocycles. The lowest BCUT2D eigenvalue weighted by molar-refractivity contribution is 0.387. The molecule has 0 radical (unpaired) electrons. The summed E-state index contributed by atoms with van der Waals surface area (Å²) in [4.78, 5) is 0. The molecular formula is C18H8BF7O2. The molecule has 0 aliphatic heterocycles.